The van der Waals surface area contributed by atoms with Crippen molar-refractivity contribution >= 4 is 34.7 Å². The highest BCUT2D eigenvalue weighted by Gasteiger charge is 2.29. The van der Waals surface area contributed by atoms with Gasteiger partial charge in [-0.3, -0.25) is 0 Å². The Morgan fingerprint density at radius 1 is 0.917 bits per heavy atom. The van der Waals surface area contributed by atoms with Crippen molar-refractivity contribution in [2.45, 2.75) is 12.5 Å². The van der Waals surface area contributed by atoms with Crippen LogP contribution in [0.25, 0.3) is 0 Å². The second-order valence-electron chi connectivity index (χ2n) is 5.61. The summed E-state index contributed by atoms with van der Waals surface area (Å²) in [6, 6.07) is 18.1. The average molecular weight is 359 g/mol. The van der Waals surface area contributed by atoms with Crippen molar-refractivity contribution in [3.8, 4) is 0 Å². The summed E-state index contributed by atoms with van der Waals surface area (Å²) in [6.45, 7) is 1.74. The van der Waals surface area contributed by atoms with E-state index in [1.54, 1.807) is 55.6 Å². The molecule has 5 heteroatoms. The molecular formula is C19H16Cl2N2O. The smallest absolute Gasteiger partial charge is 0.136 e. The van der Waals surface area contributed by atoms with Gasteiger partial charge < -0.3 is 10.4 Å². The third-order valence-corrected chi connectivity index (χ3v) is 4.35. The summed E-state index contributed by atoms with van der Waals surface area (Å²) in [4.78, 5) is 4.38. The van der Waals surface area contributed by atoms with E-state index in [4.69, 9.17) is 23.2 Å². The predicted octanol–water partition coefficient (Wildman–Crippen LogP) is 5.39. The third-order valence-electron chi connectivity index (χ3n) is 3.85. The van der Waals surface area contributed by atoms with Gasteiger partial charge in [0.25, 0.3) is 0 Å². The zero-order valence-electron chi connectivity index (χ0n) is 13.0. The van der Waals surface area contributed by atoms with Crippen molar-refractivity contribution < 1.29 is 5.11 Å². The van der Waals surface area contributed by atoms with Gasteiger partial charge in [-0.15, -0.1) is 0 Å². The first kappa shape index (κ1) is 16.8. The Labute approximate surface area is 150 Å². The van der Waals surface area contributed by atoms with Gasteiger partial charge in [-0.2, -0.15) is 0 Å². The Morgan fingerprint density at radius 3 is 2.12 bits per heavy atom. The predicted molar refractivity (Wildman–Crippen MR) is 99.1 cm³/mol. The fourth-order valence-corrected chi connectivity index (χ4v) is 2.75. The largest absolute Gasteiger partial charge is 0.381 e. The summed E-state index contributed by atoms with van der Waals surface area (Å²) < 4.78 is 0. The van der Waals surface area contributed by atoms with E-state index in [0.717, 1.165) is 11.3 Å². The molecule has 0 aliphatic rings. The first-order valence-corrected chi connectivity index (χ1v) is 8.19. The molecule has 0 aliphatic heterocycles. The van der Waals surface area contributed by atoms with Crippen LogP contribution in [0.5, 0.6) is 0 Å². The number of benzene rings is 2. The molecule has 1 unspecified atom stereocenters. The van der Waals surface area contributed by atoms with E-state index in [2.05, 4.69) is 10.3 Å². The third kappa shape index (κ3) is 3.54. The molecule has 2 N–H and O–H groups in total. The minimum absolute atomic E-state index is 0.583. The van der Waals surface area contributed by atoms with Gasteiger partial charge in [-0.1, -0.05) is 41.4 Å². The molecule has 3 aromatic rings. The van der Waals surface area contributed by atoms with Gasteiger partial charge in [0.2, 0.25) is 0 Å². The number of halogens is 2. The van der Waals surface area contributed by atoms with Crippen molar-refractivity contribution in [3.63, 3.8) is 0 Å². The lowest BCUT2D eigenvalue weighted by molar-refractivity contribution is 0.103. The Morgan fingerprint density at radius 2 is 1.50 bits per heavy atom. The summed E-state index contributed by atoms with van der Waals surface area (Å²) in [5.41, 5.74) is 1.03. The number of anilines is 2. The van der Waals surface area contributed by atoms with Crippen LogP contribution in [0.3, 0.4) is 0 Å². The molecule has 0 fully saturated rings. The fourth-order valence-electron chi connectivity index (χ4n) is 2.50. The summed E-state index contributed by atoms with van der Waals surface area (Å²) in [5.74, 6) is 0.583. The van der Waals surface area contributed by atoms with Crippen LogP contribution in [0, 0.1) is 0 Å². The Kier molecular flexibility index (Phi) is 4.76. The zero-order chi connectivity index (χ0) is 17.2. The van der Waals surface area contributed by atoms with Crippen LogP contribution < -0.4 is 5.32 Å². The number of hydrogen-bond acceptors (Lipinski definition) is 3. The van der Waals surface area contributed by atoms with E-state index in [1.807, 2.05) is 18.2 Å². The van der Waals surface area contributed by atoms with E-state index in [-0.39, 0.29) is 0 Å². The number of pyridine rings is 1. The molecule has 0 aliphatic carbocycles. The second kappa shape index (κ2) is 6.81. The lowest BCUT2D eigenvalue weighted by Gasteiger charge is -2.26. The standard InChI is InChI=1S/C19H16Cl2N2O/c1-19(24,13-4-6-14(20)7-5-13)17-3-2-12-22-18(17)23-16-10-8-15(21)9-11-16/h2-12,24H,1H3,(H,22,23). The van der Waals surface area contributed by atoms with Crippen molar-refractivity contribution in [1.29, 1.82) is 0 Å². The minimum atomic E-state index is -1.21. The van der Waals surface area contributed by atoms with Gasteiger partial charge >= 0.3 is 0 Å². The van der Waals surface area contributed by atoms with Gasteiger partial charge in [0.05, 0.1) is 0 Å². The molecule has 0 spiro atoms. The van der Waals surface area contributed by atoms with Crippen LogP contribution >= 0.6 is 23.2 Å². The molecule has 0 saturated heterocycles. The van der Waals surface area contributed by atoms with Gasteiger partial charge in [0.1, 0.15) is 11.4 Å². The lowest BCUT2D eigenvalue weighted by Crippen LogP contribution is -2.24. The highest BCUT2D eigenvalue weighted by Crippen LogP contribution is 2.34. The fraction of sp³-hybridized carbons (Fsp3) is 0.105. The summed E-state index contributed by atoms with van der Waals surface area (Å²) in [7, 11) is 0. The van der Waals surface area contributed by atoms with Crippen LogP contribution in [-0.4, -0.2) is 10.1 Å². The Bertz CT molecular complexity index is 831. The van der Waals surface area contributed by atoms with Crippen LogP contribution in [0.1, 0.15) is 18.1 Å². The topological polar surface area (TPSA) is 45.2 Å². The average Bonchev–Trinajstić information content (AvgIpc) is 2.58. The molecule has 3 nitrogen and oxygen atoms in total. The SMILES string of the molecule is CC(O)(c1ccc(Cl)cc1)c1cccnc1Nc1ccc(Cl)cc1. The number of hydrogen-bond donors (Lipinski definition) is 2. The molecule has 122 valence electrons. The van der Waals surface area contributed by atoms with Crippen LogP contribution in [0.2, 0.25) is 10.0 Å². The highest BCUT2D eigenvalue weighted by molar-refractivity contribution is 6.30. The minimum Gasteiger partial charge on any atom is -0.381 e. The molecule has 1 aromatic heterocycles. The van der Waals surface area contributed by atoms with Crippen LogP contribution in [0.15, 0.2) is 66.9 Å². The Hall–Kier alpha value is -2.07. The second-order valence-corrected chi connectivity index (χ2v) is 6.48. The highest BCUT2D eigenvalue weighted by atomic mass is 35.5. The molecule has 0 saturated carbocycles. The normalized spacial score (nSPS) is 13.3. The summed E-state index contributed by atoms with van der Waals surface area (Å²) in [5, 5.41) is 15.6. The quantitative estimate of drug-likeness (QED) is 0.657. The number of aromatic nitrogens is 1. The zero-order valence-corrected chi connectivity index (χ0v) is 14.5. The summed E-state index contributed by atoms with van der Waals surface area (Å²) >= 11 is 11.9. The van der Waals surface area contributed by atoms with Gasteiger partial charge in [-0.25, -0.2) is 4.98 Å². The molecular weight excluding hydrogens is 343 g/mol. The van der Waals surface area contributed by atoms with Crippen molar-refractivity contribution in [3.05, 3.63) is 88.0 Å². The molecule has 24 heavy (non-hydrogen) atoms. The molecule has 1 heterocycles. The van der Waals surface area contributed by atoms with Crippen molar-refractivity contribution in [2.24, 2.45) is 0 Å². The van der Waals surface area contributed by atoms with E-state index < -0.39 is 5.60 Å². The van der Waals surface area contributed by atoms with Gasteiger partial charge in [-0.05, 0) is 55.0 Å². The van der Waals surface area contributed by atoms with Crippen molar-refractivity contribution in [2.75, 3.05) is 5.32 Å². The number of nitrogens with zero attached hydrogens (tertiary/aromatic N) is 1. The summed E-state index contributed by atoms with van der Waals surface area (Å²) in [6.07, 6.45) is 1.68. The molecule has 3 rings (SSSR count). The van der Waals surface area contributed by atoms with Gasteiger partial charge in [0, 0.05) is 27.5 Å². The molecule has 2 aromatic carbocycles. The maximum atomic E-state index is 11.1. The molecule has 0 bridgehead atoms. The van der Waals surface area contributed by atoms with E-state index in [9.17, 15) is 5.11 Å². The van der Waals surface area contributed by atoms with E-state index >= 15 is 0 Å². The number of rotatable bonds is 4. The number of nitrogens with one attached hydrogen (secondary N) is 1. The van der Waals surface area contributed by atoms with E-state index in [1.165, 1.54) is 0 Å². The number of aliphatic hydroxyl groups is 1. The molecule has 0 amide bonds. The Balaban J connectivity index is 1.98. The molecule has 1 atom stereocenters. The maximum absolute atomic E-state index is 11.1. The first-order valence-electron chi connectivity index (χ1n) is 7.43. The monoisotopic (exact) mass is 358 g/mol. The maximum Gasteiger partial charge on any atom is 0.136 e. The van der Waals surface area contributed by atoms with Crippen LogP contribution in [0.4, 0.5) is 11.5 Å². The van der Waals surface area contributed by atoms with E-state index in [0.29, 0.717) is 21.4 Å². The van der Waals surface area contributed by atoms with Gasteiger partial charge in [0.15, 0.2) is 0 Å². The first-order chi connectivity index (χ1) is 11.5. The van der Waals surface area contributed by atoms with Crippen LogP contribution in [-0.2, 0) is 5.60 Å². The lowest BCUT2D eigenvalue weighted by atomic mass is 9.88. The molecule has 0 radical (unpaired) electrons. The van der Waals surface area contributed by atoms with Crippen molar-refractivity contribution in [1.82, 2.24) is 4.98 Å².